The summed E-state index contributed by atoms with van der Waals surface area (Å²) in [6.45, 7) is 3.17. The number of rotatable bonds is 3. The topological polar surface area (TPSA) is 118 Å². The zero-order chi connectivity index (χ0) is 14.0. The van der Waals surface area contributed by atoms with E-state index in [9.17, 15) is 15.2 Å². The fourth-order valence-corrected chi connectivity index (χ4v) is 2.18. The van der Waals surface area contributed by atoms with Crippen LogP contribution in [0.3, 0.4) is 0 Å². The van der Waals surface area contributed by atoms with Crippen LogP contribution < -0.4 is 16.2 Å². The number of nitro groups is 1. The number of aromatic nitrogens is 1. The lowest BCUT2D eigenvalue weighted by Crippen LogP contribution is -2.42. The Morgan fingerprint density at radius 1 is 1.63 bits per heavy atom. The number of piperidine rings is 1. The number of hydrogen-bond acceptors (Lipinski definition) is 7. The van der Waals surface area contributed by atoms with Gasteiger partial charge in [0.1, 0.15) is 11.6 Å². The summed E-state index contributed by atoms with van der Waals surface area (Å²) in [6.07, 6.45) is 0.291. The molecule has 1 aliphatic heterocycles. The van der Waals surface area contributed by atoms with Crippen molar-refractivity contribution in [3.8, 4) is 0 Å². The Bertz CT molecular complexity index is 481. The Labute approximate surface area is 110 Å². The highest BCUT2D eigenvalue weighted by molar-refractivity contribution is 5.55. The molecule has 0 aliphatic carbocycles. The second kappa shape index (κ2) is 5.37. The van der Waals surface area contributed by atoms with Gasteiger partial charge in [0.15, 0.2) is 0 Å². The van der Waals surface area contributed by atoms with Crippen LogP contribution >= 0.6 is 0 Å². The predicted octanol–water partition coefficient (Wildman–Crippen LogP) is 0.482. The van der Waals surface area contributed by atoms with Crippen molar-refractivity contribution < 1.29 is 10.0 Å². The number of anilines is 2. The Hall–Kier alpha value is -1.93. The Balaban J connectivity index is 2.28. The third-order valence-electron chi connectivity index (χ3n) is 3.34. The van der Waals surface area contributed by atoms with E-state index in [4.69, 9.17) is 5.84 Å². The molecule has 0 aromatic carbocycles. The van der Waals surface area contributed by atoms with Crippen molar-refractivity contribution in [3.63, 3.8) is 0 Å². The Morgan fingerprint density at radius 3 is 2.95 bits per heavy atom. The standard InChI is InChI=1S/C11H17N5O3/c1-7-6-15(3-2-9(7)17)11-5-8(16(18)19)4-10(13-11)14-12/h4-5,7,9,17H,2-3,6,12H2,1H3,(H,13,14). The first-order valence-electron chi connectivity index (χ1n) is 6.07. The number of pyridine rings is 1. The molecule has 2 unspecified atom stereocenters. The van der Waals surface area contributed by atoms with Gasteiger partial charge in [-0.05, 0) is 12.3 Å². The molecule has 8 heteroatoms. The zero-order valence-corrected chi connectivity index (χ0v) is 10.6. The van der Waals surface area contributed by atoms with Crippen LogP contribution in [0.25, 0.3) is 0 Å². The summed E-state index contributed by atoms with van der Waals surface area (Å²) in [5, 5.41) is 20.6. The van der Waals surface area contributed by atoms with Crippen LogP contribution in [0.4, 0.5) is 17.3 Å². The molecule has 0 spiro atoms. The first kappa shape index (κ1) is 13.5. The molecule has 1 aromatic heterocycles. The highest BCUT2D eigenvalue weighted by Gasteiger charge is 2.26. The normalized spacial score (nSPS) is 23.2. The lowest BCUT2D eigenvalue weighted by atomic mass is 9.97. The number of nitrogens with one attached hydrogen (secondary N) is 1. The van der Waals surface area contributed by atoms with Crippen molar-refractivity contribution >= 4 is 17.3 Å². The van der Waals surface area contributed by atoms with E-state index in [1.165, 1.54) is 12.1 Å². The molecule has 2 atom stereocenters. The third kappa shape index (κ3) is 2.91. The summed E-state index contributed by atoms with van der Waals surface area (Å²) < 4.78 is 0. The summed E-state index contributed by atoms with van der Waals surface area (Å²) in [7, 11) is 0. The van der Waals surface area contributed by atoms with E-state index in [1.807, 2.05) is 11.8 Å². The van der Waals surface area contributed by atoms with Crippen molar-refractivity contribution in [1.82, 2.24) is 4.98 Å². The first-order valence-corrected chi connectivity index (χ1v) is 6.07. The van der Waals surface area contributed by atoms with E-state index in [-0.39, 0.29) is 23.5 Å². The van der Waals surface area contributed by atoms with Crippen LogP contribution in [-0.4, -0.2) is 34.2 Å². The molecule has 1 fully saturated rings. The number of nitrogens with two attached hydrogens (primary N) is 1. The number of nitrogens with zero attached hydrogens (tertiary/aromatic N) is 3. The molecule has 2 rings (SSSR count). The van der Waals surface area contributed by atoms with E-state index in [0.717, 1.165) is 0 Å². The minimum absolute atomic E-state index is 0.0586. The SMILES string of the molecule is CC1CN(c2cc([N+](=O)[O-])cc(NN)n2)CCC1O. The molecule has 2 heterocycles. The van der Waals surface area contributed by atoms with Gasteiger partial charge in [0, 0.05) is 13.1 Å². The van der Waals surface area contributed by atoms with Gasteiger partial charge in [-0.25, -0.2) is 10.8 Å². The van der Waals surface area contributed by atoms with Crippen molar-refractivity contribution in [2.75, 3.05) is 23.4 Å². The molecule has 0 bridgehead atoms. The van der Waals surface area contributed by atoms with Gasteiger partial charge in [0.25, 0.3) is 5.69 Å². The number of hydrazine groups is 1. The Kier molecular flexibility index (Phi) is 3.82. The minimum Gasteiger partial charge on any atom is -0.393 e. The lowest BCUT2D eigenvalue weighted by molar-refractivity contribution is -0.384. The molecule has 19 heavy (non-hydrogen) atoms. The summed E-state index contributed by atoms with van der Waals surface area (Å²) in [5.74, 6) is 6.13. The highest BCUT2D eigenvalue weighted by Crippen LogP contribution is 2.26. The first-order chi connectivity index (χ1) is 9.01. The van der Waals surface area contributed by atoms with Gasteiger partial charge in [-0.1, -0.05) is 6.92 Å². The van der Waals surface area contributed by atoms with Gasteiger partial charge in [-0.3, -0.25) is 10.1 Å². The predicted molar refractivity (Wildman–Crippen MR) is 70.7 cm³/mol. The molecule has 4 N–H and O–H groups in total. The van der Waals surface area contributed by atoms with E-state index in [0.29, 0.717) is 25.3 Å². The third-order valence-corrected chi connectivity index (χ3v) is 3.34. The highest BCUT2D eigenvalue weighted by atomic mass is 16.6. The lowest BCUT2D eigenvalue weighted by Gasteiger charge is -2.35. The van der Waals surface area contributed by atoms with Crippen LogP contribution in [0.15, 0.2) is 12.1 Å². The molecule has 8 nitrogen and oxygen atoms in total. The molecule has 1 aliphatic rings. The van der Waals surface area contributed by atoms with Crippen molar-refractivity contribution in [3.05, 3.63) is 22.2 Å². The van der Waals surface area contributed by atoms with Crippen LogP contribution in [0.5, 0.6) is 0 Å². The van der Waals surface area contributed by atoms with E-state index in [1.54, 1.807) is 0 Å². The van der Waals surface area contributed by atoms with Crippen LogP contribution in [0, 0.1) is 16.0 Å². The van der Waals surface area contributed by atoms with Crippen LogP contribution in [0.2, 0.25) is 0 Å². The summed E-state index contributed by atoms with van der Waals surface area (Å²) in [6, 6.07) is 2.71. The fraction of sp³-hybridized carbons (Fsp3) is 0.545. The summed E-state index contributed by atoms with van der Waals surface area (Å²) in [4.78, 5) is 16.5. The summed E-state index contributed by atoms with van der Waals surface area (Å²) >= 11 is 0. The fourth-order valence-electron chi connectivity index (χ4n) is 2.18. The maximum Gasteiger partial charge on any atom is 0.276 e. The van der Waals surface area contributed by atoms with Gasteiger partial charge >= 0.3 is 0 Å². The maximum atomic E-state index is 10.9. The van der Waals surface area contributed by atoms with Crippen LogP contribution in [-0.2, 0) is 0 Å². The number of aliphatic hydroxyl groups excluding tert-OH is 1. The van der Waals surface area contributed by atoms with Crippen molar-refractivity contribution in [2.45, 2.75) is 19.4 Å². The zero-order valence-electron chi connectivity index (χ0n) is 10.6. The van der Waals surface area contributed by atoms with Gasteiger partial charge in [0.2, 0.25) is 0 Å². The molecular weight excluding hydrogens is 250 g/mol. The quantitative estimate of drug-likeness (QED) is 0.414. The average molecular weight is 267 g/mol. The molecule has 0 radical (unpaired) electrons. The number of hydrogen-bond donors (Lipinski definition) is 3. The monoisotopic (exact) mass is 267 g/mol. The second-order valence-corrected chi connectivity index (χ2v) is 4.75. The van der Waals surface area contributed by atoms with Gasteiger partial charge in [-0.15, -0.1) is 0 Å². The molecule has 104 valence electrons. The van der Waals surface area contributed by atoms with Gasteiger partial charge in [-0.2, -0.15) is 0 Å². The molecular formula is C11H17N5O3. The van der Waals surface area contributed by atoms with Gasteiger partial charge < -0.3 is 15.4 Å². The second-order valence-electron chi connectivity index (χ2n) is 4.75. The largest absolute Gasteiger partial charge is 0.393 e. The molecule has 1 saturated heterocycles. The van der Waals surface area contributed by atoms with E-state index in [2.05, 4.69) is 10.4 Å². The molecule has 0 saturated carbocycles. The number of nitrogen functional groups attached to an aromatic ring is 1. The maximum absolute atomic E-state index is 10.9. The van der Waals surface area contributed by atoms with E-state index < -0.39 is 4.92 Å². The average Bonchev–Trinajstić information content (AvgIpc) is 2.41. The summed E-state index contributed by atoms with van der Waals surface area (Å²) in [5.41, 5.74) is 2.27. The smallest absolute Gasteiger partial charge is 0.276 e. The minimum atomic E-state index is -0.478. The number of aliphatic hydroxyl groups is 1. The van der Waals surface area contributed by atoms with Crippen molar-refractivity contribution in [1.29, 1.82) is 0 Å². The molecule has 0 amide bonds. The molecule has 1 aromatic rings. The van der Waals surface area contributed by atoms with Gasteiger partial charge in [0.05, 0.1) is 23.2 Å². The van der Waals surface area contributed by atoms with Crippen LogP contribution in [0.1, 0.15) is 13.3 Å². The van der Waals surface area contributed by atoms with Crippen molar-refractivity contribution in [2.24, 2.45) is 11.8 Å². The van der Waals surface area contributed by atoms with E-state index >= 15 is 0 Å². The Morgan fingerprint density at radius 2 is 2.37 bits per heavy atom.